The van der Waals surface area contributed by atoms with Crippen molar-refractivity contribution in [3.05, 3.63) is 47.3 Å². The Kier molecular flexibility index (Phi) is 4.74. The lowest BCUT2D eigenvalue weighted by Gasteiger charge is -2.19. The minimum atomic E-state index is -0.381. The van der Waals surface area contributed by atoms with Crippen LogP contribution in [-0.4, -0.2) is 46.3 Å². The van der Waals surface area contributed by atoms with Gasteiger partial charge in [-0.05, 0) is 19.1 Å². The van der Waals surface area contributed by atoms with Gasteiger partial charge in [0.05, 0.1) is 24.6 Å². The van der Waals surface area contributed by atoms with Gasteiger partial charge in [0.25, 0.3) is 11.6 Å². The molecule has 0 unspecified atom stereocenters. The first-order valence-electron chi connectivity index (χ1n) is 8.17. The van der Waals surface area contributed by atoms with Crippen molar-refractivity contribution in [2.24, 2.45) is 0 Å². The van der Waals surface area contributed by atoms with Gasteiger partial charge in [0.2, 0.25) is 0 Å². The SMILES string of the molecule is C=CCn1c(O[C@@H]2C[C@@H](C)N(C(=O)OC)C2)nc2ccccc2c1=O. The normalized spacial score (nSPS) is 19.8. The molecule has 0 spiro atoms. The van der Waals surface area contributed by atoms with Crippen LogP contribution in [0.2, 0.25) is 0 Å². The zero-order valence-corrected chi connectivity index (χ0v) is 14.3. The molecule has 0 bridgehead atoms. The third kappa shape index (κ3) is 3.22. The summed E-state index contributed by atoms with van der Waals surface area (Å²) < 4.78 is 12.2. The summed E-state index contributed by atoms with van der Waals surface area (Å²) in [5.41, 5.74) is 0.412. The van der Waals surface area contributed by atoms with E-state index in [9.17, 15) is 9.59 Å². The second-order valence-corrected chi connectivity index (χ2v) is 6.06. The van der Waals surface area contributed by atoms with E-state index in [1.165, 1.54) is 11.7 Å². The average Bonchev–Trinajstić information content (AvgIpc) is 2.98. The third-order valence-corrected chi connectivity index (χ3v) is 4.36. The van der Waals surface area contributed by atoms with Crippen LogP contribution < -0.4 is 10.3 Å². The Hall–Kier alpha value is -2.83. The Morgan fingerprint density at radius 2 is 2.20 bits per heavy atom. The van der Waals surface area contributed by atoms with E-state index in [2.05, 4.69) is 11.6 Å². The number of benzene rings is 1. The Morgan fingerprint density at radius 3 is 2.92 bits per heavy atom. The van der Waals surface area contributed by atoms with Crippen LogP contribution in [0.5, 0.6) is 6.01 Å². The minimum absolute atomic E-state index is 0.00233. The average molecular weight is 343 g/mol. The fourth-order valence-corrected chi connectivity index (χ4v) is 3.12. The van der Waals surface area contributed by atoms with Gasteiger partial charge in [-0.1, -0.05) is 18.2 Å². The van der Waals surface area contributed by atoms with Crippen LogP contribution in [0.25, 0.3) is 10.9 Å². The lowest BCUT2D eigenvalue weighted by atomic mass is 10.2. The maximum atomic E-state index is 12.7. The number of hydrogen-bond acceptors (Lipinski definition) is 5. The smallest absolute Gasteiger partial charge is 0.409 e. The van der Waals surface area contributed by atoms with E-state index in [-0.39, 0.29) is 29.8 Å². The molecule has 1 aromatic carbocycles. The highest BCUT2D eigenvalue weighted by atomic mass is 16.5. The molecule has 3 rings (SSSR count). The molecule has 7 nitrogen and oxygen atoms in total. The van der Waals surface area contributed by atoms with Gasteiger partial charge < -0.3 is 14.4 Å². The number of methoxy groups -OCH3 is 1. The fourth-order valence-electron chi connectivity index (χ4n) is 3.12. The monoisotopic (exact) mass is 343 g/mol. The maximum Gasteiger partial charge on any atom is 0.409 e. The minimum Gasteiger partial charge on any atom is -0.459 e. The van der Waals surface area contributed by atoms with Crippen molar-refractivity contribution in [2.75, 3.05) is 13.7 Å². The van der Waals surface area contributed by atoms with Crippen molar-refractivity contribution >= 4 is 17.0 Å². The number of rotatable bonds is 4. The highest BCUT2D eigenvalue weighted by Crippen LogP contribution is 2.23. The molecular weight excluding hydrogens is 322 g/mol. The summed E-state index contributed by atoms with van der Waals surface area (Å²) in [6, 6.07) is 7.39. The molecule has 1 amide bonds. The van der Waals surface area contributed by atoms with E-state index in [1.807, 2.05) is 13.0 Å². The second-order valence-electron chi connectivity index (χ2n) is 6.06. The summed E-state index contributed by atoms with van der Waals surface area (Å²) in [7, 11) is 1.36. The predicted molar refractivity (Wildman–Crippen MR) is 93.8 cm³/mol. The molecule has 2 heterocycles. The summed E-state index contributed by atoms with van der Waals surface area (Å²) in [5.74, 6) is 0. The van der Waals surface area contributed by atoms with Gasteiger partial charge in [-0.3, -0.25) is 9.36 Å². The molecule has 2 atom stereocenters. The first-order chi connectivity index (χ1) is 12.0. The Labute approximate surface area is 145 Å². The van der Waals surface area contributed by atoms with Crippen molar-refractivity contribution < 1.29 is 14.3 Å². The fraction of sp³-hybridized carbons (Fsp3) is 0.389. The number of carbonyl (C=O) groups is 1. The van der Waals surface area contributed by atoms with Crippen molar-refractivity contribution in [1.82, 2.24) is 14.5 Å². The number of fused-ring (bicyclic) bond motifs is 1. The summed E-state index contributed by atoms with van der Waals surface area (Å²) in [6.07, 6.45) is 1.64. The first kappa shape index (κ1) is 17.0. The molecule has 7 heteroatoms. The van der Waals surface area contributed by atoms with Crippen LogP contribution in [0.4, 0.5) is 4.79 Å². The van der Waals surface area contributed by atoms with Crippen LogP contribution in [0, 0.1) is 0 Å². The van der Waals surface area contributed by atoms with E-state index < -0.39 is 0 Å². The molecule has 1 aromatic heterocycles. The zero-order valence-electron chi connectivity index (χ0n) is 14.3. The quantitative estimate of drug-likeness (QED) is 0.796. The van der Waals surface area contributed by atoms with Crippen LogP contribution >= 0.6 is 0 Å². The van der Waals surface area contributed by atoms with E-state index in [4.69, 9.17) is 9.47 Å². The largest absolute Gasteiger partial charge is 0.459 e. The number of likely N-dealkylation sites (tertiary alicyclic amines) is 1. The summed E-state index contributed by atoms with van der Waals surface area (Å²) in [6.45, 7) is 6.33. The highest BCUT2D eigenvalue weighted by molar-refractivity contribution is 5.77. The van der Waals surface area contributed by atoms with Crippen molar-refractivity contribution in [3.63, 3.8) is 0 Å². The van der Waals surface area contributed by atoms with Crippen LogP contribution in [0.3, 0.4) is 0 Å². The number of ether oxygens (including phenoxy) is 2. The molecule has 0 aliphatic carbocycles. The van der Waals surface area contributed by atoms with Gasteiger partial charge in [0.1, 0.15) is 6.10 Å². The number of amides is 1. The van der Waals surface area contributed by atoms with E-state index >= 15 is 0 Å². The Balaban J connectivity index is 1.93. The molecule has 0 saturated carbocycles. The molecule has 1 aliphatic heterocycles. The number of para-hydroxylation sites is 1. The molecule has 132 valence electrons. The summed E-state index contributed by atoms with van der Waals surface area (Å²) in [4.78, 5) is 30.6. The molecular formula is C18H21N3O4. The number of aromatic nitrogens is 2. The van der Waals surface area contributed by atoms with Crippen LogP contribution in [-0.2, 0) is 11.3 Å². The Morgan fingerprint density at radius 1 is 1.44 bits per heavy atom. The second kappa shape index (κ2) is 6.96. The first-order valence-corrected chi connectivity index (χ1v) is 8.17. The van der Waals surface area contributed by atoms with Gasteiger partial charge in [0.15, 0.2) is 0 Å². The summed E-state index contributed by atoms with van der Waals surface area (Å²) >= 11 is 0. The number of hydrogen-bond donors (Lipinski definition) is 0. The molecule has 1 aliphatic rings. The van der Waals surface area contributed by atoms with Gasteiger partial charge in [-0.15, -0.1) is 6.58 Å². The lowest BCUT2D eigenvalue weighted by molar-refractivity contribution is 0.115. The van der Waals surface area contributed by atoms with Gasteiger partial charge in [-0.2, -0.15) is 4.98 Å². The molecule has 0 N–H and O–H groups in total. The number of allylic oxidation sites excluding steroid dienone is 1. The molecule has 25 heavy (non-hydrogen) atoms. The number of carbonyl (C=O) groups excluding carboxylic acids is 1. The lowest BCUT2D eigenvalue weighted by Crippen LogP contribution is -2.35. The van der Waals surface area contributed by atoms with Crippen LogP contribution in [0.15, 0.2) is 41.7 Å². The summed E-state index contributed by atoms with van der Waals surface area (Å²) in [5, 5.41) is 0.535. The van der Waals surface area contributed by atoms with Crippen molar-refractivity contribution in [1.29, 1.82) is 0 Å². The number of nitrogens with zero attached hydrogens (tertiary/aromatic N) is 3. The highest BCUT2D eigenvalue weighted by Gasteiger charge is 2.35. The standard InChI is InChI=1S/C18H21N3O4/c1-4-9-20-16(22)14-7-5-6-8-15(14)19-17(20)25-13-10-12(2)21(11-13)18(23)24-3/h4-8,12-13H,1,9-11H2,2-3H3/t12-,13-/m1/s1. The van der Waals surface area contributed by atoms with Crippen molar-refractivity contribution in [3.8, 4) is 6.01 Å². The van der Waals surface area contributed by atoms with E-state index in [1.54, 1.807) is 29.2 Å². The predicted octanol–water partition coefficient (Wildman–Crippen LogP) is 2.19. The maximum absolute atomic E-state index is 12.7. The molecule has 1 saturated heterocycles. The Bertz CT molecular complexity index is 861. The molecule has 0 radical (unpaired) electrons. The third-order valence-electron chi connectivity index (χ3n) is 4.36. The molecule has 2 aromatic rings. The zero-order chi connectivity index (χ0) is 18.0. The van der Waals surface area contributed by atoms with Gasteiger partial charge >= 0.3 is 6.09 Å². The topological polar surface area (TPSA) is 73.7 Å². The molecule has 1 fully saturated rings. The van der Waals surface area contributed by atoms with E-state index in [0.717, 1.165) is 0 Å². The van der Waals surface area contributed by atoms with Gasteiger partial charge in [-0.25, -0.2) is 4.79 Å². The van der Waals surface area contributed by atoms with Gasteiger partial charge in [0, 0.05) is 19.0 Å². The van der Waals surface area contributed by atoms with Crippen molar-refractivity contribution in [2.45, 2.75) is 32.0 Å². The van der Waals surface area contributed by atoms with E-state index in [0.29, 0.717) is 30.4 Å². The van der Waals surface area contributed by atoms with Crippen LogP contribution in [0.1, 0.15) is 13.3 Å².